The van der Waals surface area contributed by atoms with E-state index in [-0.39, 0.29) is 13.0 Å². The first-order valence-corrected chi connectivity index (χ1v) is 5.20. The van der Waals surface area contributed by atoms with Crippen LogP contribution in [0.5, 0.6) is 0 Å². The van der Waals surface area contributed by atoms with Gasteiger partial charge in [-0.2, -0.15) is 0 Å². The molecular weight excluding hydrogens is 218 g/mol. The van der Waals surface area contributed by atoms with Gasteiger partial charge in [0.25, 0.3) is 6.43 Å². The molecule has 0 aliphatic rings. The lowest BCUT2D eigenvalue weighted by atomic mass is 10.2. The summed E-state index contributed by atoms with van der Waals surface area (Å²) in [6.45, 7) is 2.16. The van der Waals surface area contributed by atoms with Crippen LogP contribution in [0.4, 0.5) is 8.78 Å². The van der Waals surface area contributed by atoms with Crippen LogP contribution in [0.15, 0.2) is 12.4 Å². The molecule has 92 valence electrons. The first-order valence-electron chi connectivity index (χ1n) is 5.20. The lowest BCUT2D eigenvalue weighted by Gasteiger charge is -2.12. The number of aliphatic hydroxyl groups is 1. The van der Waals surface area contributed by atoms with E-state index < -0.39 is 19.1 Å². The quantitative estimate of drug-likeness (QED) is 0.729. The predicted molar refractivity (Wildman–Crippen MR) is 54.3 cm³/mol. The third-order valence-corrected chi connectivity index (χ3v) is 2.17. The second-order valence-electron chi connectivity index (χ2n) is 3.34. The molecule has 0 saturated carbocycles. The van der Waals surface area contributed by atoms with Gasteiger partial charge in [0.05, 0.1) is 0 Å². The summed E-state index contributed by atoms with van der Waals surface area (Å²) in [6.07, 6.45) is 0.395. The van der Waals surface area contributed by atoms with Gasteiger partial charge in [-0.05, 0) is 6.92 Å². The zero-order valence-corrected chi connectivity index (χ0v) is 9.14. The number of halogens is 2. The average molecular weight is 234 g/mol. The van der Waals surface area contributed by atoms with Crippen molar-refractivity contribution in [2.24, 2.45) is 0 Å². The summed E-state index contributed by atoms with van der Waals surface area (Å²) in [5.74, 6) is 0.545. The second kappa shape index (κ2) is 6.55. The van der Waals surface area contributed by atoms with Crippen LogP contribution < -0.4 is 0 Å². The molecular formula is C10H16F2N2O2. The highest BCUT2D eigenvalue weighted by atomic mass is 19.3. The smallest absolute Gasteiger partial charge is 0.261 e. The molecule has 1 N–H and O–H groups in total. The van der Waals surface area contributed by atoms with Crippen LogP contribution in [0.1, 0.15) is 25.3 Å². The van der Waals surface area contributed by atoms with Crippen LogP contribution in [-0.2, 0) is 11.3 Å². The van der Waals surface area contributed by atoms with E-state index in [4.69, 9.17) is 4.74 Å². The predicted octanol–water partition coefficient (Wildman–Crippen LogP) is 1.61. The molecule has 16 heavy (non-hydrogen) atoms. The molecule has 4 nitrogen and oxygen atoms in total. The van der Waals surface area contributed by atoms with Crippen LogP contribution in [-0.4, -0.2) is 34.3 Å². The molecule has 1 rings (SSSR count). The summed E-state index contributed by atoms with van der Waals surface area (Å²) >= 11 is 0. The Kier molecular flexibility index (Phi) is 5.34. The number of ether oxygens (including phenoxy) is 1. The minimum Gasteiger partial charge on any atom is -0.385 e. The summed E-state index contributed by atoms with van der Waals surface area (Å²) in [5.41, 5.74) is 0. The number of hydrogen-bond donors (Lipinski definition) is 1. The summed E-state index contributed by atoms with van der Waals surface area (Å²) in [5, 5.41) is 9.74. The Balaban J connectivity index is 2.32. The van der Waals surface area contributed by atoms with Crippen LogP contribution in [0, 0.1) is 0 Å². The fourth-order valence-corrected chi connectivity index (χ4v) is 1.38. The molecule has 0 fully saturated rings. The molecule has 0 spiro atoms. The molecule has 0 amide bonds. The van der Waals surface area contributed by atoms with E-state index in [1.807, 2.05) is 6.92 Å². The van der Waals surface area contributed by atoms with Crippen molar-refractivity contribution in [2.45, 2.75) is 32.4 Å². The highest BCUT2D eigenvalue weighted by Crippen LogP contribution is 2.14. The number of aryl methyl sites for hydroxylation is 1. The molecule has 0 saturated heterocycles. The van der Waals surface area contributed by atoms with E-state index in [0.29, 0.717) is 12.4 Å². The molecule has 0 aliphatic heterocycles. The molecule has 6 heteroatoms. The molecule has 1 aromatic heterocycles. The molecule has 1 aromatic rings. The standard InChI is InChI=1S/C10H16F2N2O2/c1-2-14-5-4-13-10(14)8(15)3-6-16-7-9(11)12/h4-5,8-9,15H,2-3,6-7H2,1H3. The maximum Gasteiger partial charge on any atom is 0.261 e. The van der Waals surface area contributed by atoms with Crippen molar-refractivity contribution in [1.29, 1.82) is 0 Å². The molecule has 0 aromatic carbocycles. The molecule has 1 heterocycles. The minimum absolute atomic E-state index is 0.0993. The van der Waals surface area contributed by atoms with E-state index in [2.05, 4.69) is 4.98 Å². The van der Waals surface area contributed by atoms with Gasteiger partial charge in [0.1, 0.15) is 18.5 Å². The zero-order chi connectivity index (χ0) is 12.0. The Morgan fingerprint density at radius 2 is 2.31 bits per heavy atom. The van der Waals surface area contributed by atoms with Gasteiger partial charge in [0.15, 0.2) is 0 Å². The Labute approximate surface area is 92.9 Å². The fraction of sp³-hybridized carbons (Fsp3) is 0.700. The Bertz CT molecular complexity index is 305. The van der Waals surface area contributed by atoms with Gasteiger partial charge in [0.2, 0.25) is 0 Å². The normalized spacial score (nSPS) is 13.3. The Morgan fingerprint density at radius 3 is 2.94 bits per heavy atom. The van der Waals surface area contributed by atoms with Crippen LogP contribution in [0.3, 0.4) is 0 Å². The van der Waals surface area contributed by atoms with Crippen molar-refractivity contribution >= 4 is 0 Å². The van der Waals surface area contributed by atoms with Crippen LogP contribution in [0.25, 0.3) is 0 Å². The summed E-state index contributed by atoms with van der Waals surface area (Å²) in [6, 6.07) is 0. The Morgan fingerprint density at radius 1 is 1.56 bits per heavy atom. The van der Waals surface area contributed by atoms with E-state index in [1.54, 1.807) is 17.0 Å². The number of hydrogen-bond acceptors (Lipinski definition) is 3. The van der Waals surface area contributed by atoms with Gasteiger partial charge in [-0.25, -0.2) is 13.8 Å². The van der Waals surface area contributed by atoms with E-state index in [1.165, 1.54) is 0 Å². The third kappa shape index (κ3) is 3.86. The maximum atomic E-state index is 11.7. The van der Waals surface area contributed by atoms with Crippen LogP contribution >= 0.6 is 0 Å². The molecule has 0 bridgehead atoms. The number of imidazole rings is 1. The zero-order valence-electron chi connectivity index (χ0n) is 9.14. The van der Waals surface area contributed by atoms with Gasteiger partial charge in [-0.1, -0.05) is 0 Å². The van der Waals surface area contributed by atoms with Gasteiger partial charge >= 0.3 is 0 Å². The molecule has 0 aliphatic carbocycles. The highest BCUT2D eigenvalue weighted by molar-refractivity contribution is 4.96. The van der Waals surface area contributed by atoms with Crippen molar-refractivity contribution in [2.75, 3.05) is 13.2 Å². The molecule has 1 atom stereocenters. The molecule has 1 unspecified atom stereocenters. The van der Waals surface area contributed by atoms with E-state index in [0.717, 1.165) is 0 Å². The van der Waals surface area contributed by atoms with E-state index in [9.17, 15) is 13.9 Å². The van der Waals surface area contributed by atoms with Gasteiger partial charge in [-0.15, -0.1) is 0 Å². The van der Waals surface area contributed by atoms with Gasteiger partial charge in [-0.3, -0.25) is 0 Å². The maximum absolute atomic E-state index is 11.7. The van der Waals surface area contributed by atoms with Crippen molar-refractivity contribution in [1.82, 2.24) is 9.55 Å². The summed E-state index contributed by atoms with van der Waals surface area (Å²) < 4.78 is 30.0. The average Bonchev–Trinajstić information content (AvgIpc) is 2.71. The first kappa shape index (κ1) is 13.1. The fourth-order valence-electron chi connectivity index (χ4n) is 1.38. The monoisotopic (exact) mass is 234 g/mol. The number of aromatic nitrogens is 2. The number of aliphatic hydroxyl groups excluding tert-OH is 1. The number of nitrogens with zero attached hydrogens (tertiary/aromatic N) is 2. The lowest BCUT2D eigenvalue weighted by Crippen LogP contribution is -2.12. The second-order valence-corrected chi connectivity index (χ2v) is 3.34. The highest BCUT2D eigenvalue weighted by Gasteiger charge is 2.13. The van der Waals surface area contributed by atoms with Crippen LogP contribution in [0.2, 0.25) is 0 Å². The van der Waals surface area contributed by atoms with E-state index >= 15 is 0 Å². The van der Waals surface area contributed by atoms with Crippen molar-refractivity contribution in [3.05, 3.63) is 18.2 Å². The largest absolute Gasteiger partial charge is 0.385 e. The number of alkyl halides is 2. The molecule has 0 radical (unpaired) electrons. The van der Waals surface area contributed by atoms with Gasteiger partial charge < -0.3 is 14.4 Å². The third-order valence-electron chi connectivity index (χ3n) is 2.17. The number of rotatable bonds is 7. The topological polar surface area (TPSA) is 47.3 Å². The van der Waals surface area contributed by atoms with Crippen molar-refractivity contribution < 1.29 is 18.6 Å². The summed E-state index contributed by atoms with van der Waals surface area (Å²) in [7, 11) is 0. The first-order chi connectivity index (χ1) is 7.65. The Hall–Kier alpha value is -1.01. The van der Waals surface area contributed by atoms with Crippen molar-refractivity contribution in [3.63, 3.8) is 0 Å². The SMILES string of the molecule is CCn1ccnc1C(O)CCOCC(F)F. The van der Waals surface area contributed by atoms with Gasteiger partial charge in [0, 0.05) is 32.0 Å². The van der Waals surface area contributed by atoms with Crippen molar-refractivity contribution in [3.8, 4) is 0 Å². The lowest BCUT2D eigenvalue weighted by molar-refractivity contribution is 0.00360. The summed E-state index contributed by atoms with van der Waals surface area (Å²) in [4.78, 5) is 4.01. The minimum atomic E-state index is -2.46.